The maximum Gasteiger partial charge on any atom is 0.331 e. The minimum absolute atomic E-state index is 0.144. The van der Waals surface area contributed by atoms with E-state index in [0.717, 1.165) is 0 Å². The highest BCUT2D eigenvalue weighted by Gasteiger charge is 2.55. The normalized spacial score (nSPS) is 49.3. The van der Waals surface area contributed by atoms with Crippen molar-refractivity contribution in [2.45, 2.75) is 88.4 Å². The van der Waals surface area contributed by atoms with Crippen LogP contribution in [0.5, 0.6) is 0 Å². The Morgan fingerprint density at radius 3 is 2.43 bits per heavy atom. The van der Waals surface area contributed by atoms with Gasteiger partial charge in [-0.05, 0) is 49.9 Å². The zero-order valence-corrected chi connectivity index (χ0v) is 17.5. The fourth-order valence-electron chi connectivity index (χ4n) is 5.77. The van der Waals surface area contributed by atoms with Crippen LogP contribution in [0.2, 0.25) is 0 Å². The Bertz CT molecular complexity index is 663. The zero-order chi connectivity index (χ0) is 22.4. The molecule has 3 rings (SSSR count). The van der Waals surface area contributed by atoms with E-state index in [-0.39, 0.29) is 29.2 Å². The number of aliphatic carboxylic acids is 1. The topological polar surface area (TPSA) is 157 Å². The molecular weight excluding hydrogens is 396 g/mol. The first-order valence-electron chi connectivity index (χ1n) is 10.5. The predicted molar refractivity (Wildman–Crippen MR) is 104 cm³/mol. The van der Waals surface area contributed by atoms with Gasteiger partial charge in [0.1, 0.15) is 24.4 Å². The Hall–Kier alpha value is -1.07. The van der Waals surface area contributed by atoms with Crippen LogP contribution in [-0.4, -0.2) is 85.6 Å². The number of hydrogen-bond acceptors (Lipinski definition) is 8. The van der Waals surface area contributed by atoms with Gasteiger partial charge in [0.2, 0.25) is 0 Å². The van der Waals surface area contributed by atoms with E-state index in [4.69, 9.17) is 9.47 Å². The van der Waals surface area contributed by atoms with Gasteiger partial charge in [-0.1, -0.05) is 13.5 Å². The summed E-state index contributed by atoms with van der Waals surface area (Å²) < 4.78 is 11.4. The molecular formula is C21H34O9. The molecule has 0 aromatic heterocycles. The zero-order valence-electron chi connectivity index (χ0n) is 17.5. The molecule has 1 aliphatic heterocycles. The maximum absolute atomic E-state index is 11.3. The number of fused-ring (bicyclic) bond motifs is 1. The fraction of sp³-hybridized carbons (Fsp3) is 0.857. The van der Waals surface area contributed by atoms with Gasteiger partial charge in [0.05, 0.1) is 18.3 Å². The van der Waals surface area contributed by atoms with E-state index < -0.39 is 55.0 Å². The first kappa shape index (κ1) is 23.6. The van der Waals surface area contributed by atoms with E-state index in [2.05, 4.69) is 13.5 Å². The van der Waals surface area contributed by atoms with Gasteiger partial charge in [0, 0.05) is 12.0 Å². The minimum Gasteiger partial charge on any atom is -0.478 e. The second kappa shape index (κ2) is 8.46. The third-order valence-corrected chi connectivity index (χ3v) is 7.45. The lowest BCUT2D eigenvalue weighted by molar-refractivity contribution is -0.321. The summed E-state index contributed by atoms with van der Waals surface area (Å²) in [5.41, 5.74) is -1.27. The highest BCUT2D eigenvalue weighted by molar-refractivity contribution is 5.86. The quantitative estimate of drug-likeness (QED) is 0.256. The summed E-state index contributed by atoms with van der Waals surface area (Å²) in [5.74, 6) is -1.34. The standard InChI is InChI=1S/C21H34O9/c1-10(18(26)27)11-4-5-20(2)7-12(8-21(3,28)14(20)6-11)29-19-17(25)16(24)15(23)13(9-22)30-19/h11-17,19,22-25,28H,1,4-9H2,2-3H3,(H,26,27)/t11-,12+,13-,14-,15-,16+,17-,19-,20+,21-/m1/s1. The number of aliphatic hydroxyl groups is 5. The lowest BCUT2D eigenvalue weighted by Crippen LogP contribution is -2.61. The molecule has 172 valence electrons. The number of carboxylic acid groups (broad SMARTS) is 1. The minimum atomic E-state index is -1.52. The molecule has 0 aromatic carbocycles. The number of rotatable bonds is 5. The second-order valence-corrected chi connectivity index (χ2v) is 9.73. The molecule has 9 heteroatoms. The highest BCUT2D eigenvalue weighted by Crippen LogP contribution is 2.57. The first-order chi connectivity index (χ1) is 13.9. The molecule has 0 aromatic rings. The van der Waals surface area contributed by atoms with Crippen LogP contribution in [-0.2, 0) is 14.3 Å². The Kier molecular flexibility index (Phi) is 6.65. The smallest absolute Gasteiger partial charge is 0.331 e. The highest BCUT2D eigenvalue weighted by atomic mass is 16.7. The van der Waals surface area contributed by atoms with Crippen LogP contribution in [0, 0.1) is 17.3 Å². The molecule has 0 unspecified atom stereocenters. The van der Waals surface area contributed by atoms with Crippen LogP contribution >= 0.6 is 0 Å². The molecule has 0 bridgehead atoms. The Morgan fingerprint density at radius 2 is 1.83 bits per heavy atom. The van der Waals surface area contributed by atoms with Gasteiger partial charge in [-0.3, -0.25) is 0 Å². The Labute approximate surface area is 175 Å². The molecule has 6 N–H and O–H groups in total. The SMILES string of the molecule is C=C(C(=O)O)[C@@H]1CC[C@@]2(C)C[C@H](O[C@@H]3O[C@H](CO)[C@@H](O)[C@H](O)[C@H]3O)C[C@@](C)(O)[C@@H]2C1. The number of aliphatic hydroxyl groups excluding tert-OH is 4. The predicted octanol–water partition coefficient (Wildman–Crippen LogP) is -0.220. The molecule has 10 atom stereocenters. The van der Waals surface area contributed by atoms with Gasteiger partial charge < -0.3 is 40.1 Å². The summed E-state index contributed by atoms with van der Waals surface area (Å²) in [5, 5.41) is 60.0. The van der Waals surface area contributed by atoms with Crippen molar-refractivity contribution in [2.75, 3.05) is 6.61 Å². The van der Waals surface area contributed by atoms with Gasteiger partial charge in [0.15, 0.2) is 6.29 Å². The molecule has 2 aliphatic carbocycles. The van der Waals surface area contributed by atoms with Crippen molar-refractivity contribution in [3.63, 3.8) is 0 Å². The molecule has 0 radical (unpaired) electrons. The molecule has 3 aliphatic rings. The van der Waals surface area contributed by atoms with Gasteiger partial charge in [-0.15, -0.1) is 0 Å². The van der Waals surface area contributed by atoms with Crippen LogP contribution in [0.25, 0.3) is 0 Å². The van der Waals surface area contributed by atoms with Crippen molar-refractivity contribution in [1.82, 2.24) is 0 Å². The van der Waals surface area contributed by atoms with Crippen LogP contribution in [0.4, 0.5) is 0 Å². The number of carbonyl (C=O) groups is 1. The average molecular weight is 430 g/mol. The van der Waals surface area contributed by atoms with E-state index in [1.807, 2.05) is 0 Å². The van der Waals surface area contributed by atoms with Crippen molar-refractivity contribution in [1.29, 1.82) is 0 Å². The Morgan fingerprint density at radius 1 is 1.17 bits per heavy atom. The summed E-state index contributed by atoms with van der Waals surface area (Å²) in [6, 6.07) is 0. The van der Waals surface area contributed by atoms with Crippen LogP contribution in [0.1, 0.15) is 46.0 Å². The summed E-state index contributed by atoms with van der Waals surface area (Å²) >= 11 is 0. The lowest BCUT2D eigenvalue weighted by atomic mass is 9.52. The van der Waals surface area contributed by atoms with Gasteiger partial charge >= 0.3 is 5.97 Å². The van der Waals surface area contributed by atoms with E-state index in [1.54, 1.807) is 6.92 Å². The number of ether oxygens (including phenoxy) is 2. The molecule has 0 amide bonds. The lowest BCUT2D eigenvalue weighted by Gasteiger charge is -2.56. The van der Waals surface area contributed by atoms with E-state index in [9.17, 15) is 35.4 Å². The fourth-order valence-corrected chi connectivity index (χ4v) is 5.77. The molecule has 3 fully saturated rings. The van der Waals surface area contributed by atoms with Crippen molar-refractivity contribution in [2.24, 2.45) is 17.3 Å². The summed E-state index contributed by atoms with van der Waals surface area (Å²) in [6.07, 6.45) is -4.58. The molecule has 2 saturated carbocycles. The number of hydrogen-bond donors (Lipinski definition) is 6. The summed E-state index contributed by atoms with van der Waals surface area (Å²) in [6.45, 7) is 6.92. The summed E-state index contributed by atoms with van der Waals surface area (Å²) in [4.78, 5) is 11.3. The average Bonchev–Trinajstić information content (AvgIpc) is 2.66. The third-order valence-electron chi connectivity index (χ3n) is 7.45. The van der Waals surface area contributed by atoms with Crippen molar-refractivity contribution < 1.29 is 44.9 Å². The molecule has 0 spiro atoms. The first-order valence-corrected chi connectivity index (χ1v) is 10.5. The monoisotopic (exact) mass is 430 g/mol. The maximum atomic E-state index is 11.3. The van der Waals surface area contributed by atoms with E-state index in [0.29, 0.717) is 25.7 Å². The molecule has 9 nitrogen and oxygen atoms in total. The van der Waals surface area contributed by atoms with Crippen LogP contribution in [0.3, 0.4) is 0 Å². The molecule has 1 heterocycles. The summed E-state index contributed by atoms with van der Waals surface area (Å²) in [7, 11) is 0. The molecule has 1 saturated heterocycles. The van der Waals surface area contributed by atoms with Crippen molar-refractivity contribution >= 4 is 5.97 Å². The van der Waals surface area contributed by atoms with Gasteiger partial charge in [-0.25, -0.2) is 4.79 Å². The van der Waals surface area contributed by atoms with Gasteiger partial charge in [-0.2, -0.15) is 0 Å². The van der Waals surface area contributed by atoms with E-state index >= 15 is 0 Å². The van der Waals surface area contributed by atoms with Crippen LogP contribution < -0.4 is 0 Å². The van der Waals surface area contributed by atoms with Gasteiger partial charge in [0.25, 0.3) is 0 Å². The third kappa shape index (κ3) is 4.29. The van der Waals surface area contributed by atoms with E-state index in [1.165, 1.54) is 0 Å². The van der Waals surface area contributed by atoms with Crippen molar-refractivity contribution in [3.05, 3.63) is 12.2 Å². The van der Waals surface area contributed by atoms with Crippen LogP contribution in [0.15, 0.2) is 12.2 Å². The molecule has 30 heavy (non-hydrogen) atoms. The Balaban J connectivity index is 1.73. The largest absolute Gasteiger partial charge is 0.478 e. The van der Waals surface area contributed by atoms with Crippen molar-refractivity contribution in [3.8, 4) is 0 Å². The second-order valence-electron chi connectivity index (χ2n) is 9.73. The number of carboxylic acids is 1.